The number of fused-ring (bicyclic) bond motifs is 1. The largest absolute Gasteiger partial charge is 0.273 e. The standard InChI is InChI=1S/C17H15ClN6OS/c18-13-4-2-1-3-12(13)14-7-19-9-22(14)23-10-26-15-8-24(20-16(15)23)21-17(25)11-5-6-11/h1-4,7-9,11H,5-6,10H2,(H,21,25). The number of anilines is 1. The lowest BCUT2D eigenvalue weighted by molar-refractivity contribution is -0.118. The van der Waals surface area contributed by atoms with Gasteiger partial charge in [-0.3, -0.25) is 4.79 Å². The molecule has 1 aliphatic heterocycles. The van der Waals surface area contributed by atoms with Gasteiger partial charge >= 0.3 is 0 Å². The molecule has 9 heteroatoms. The lowest BCUT2D eigenvalue weighted by Crippen LogP contribution is -2.29. The molecule has 0 bridgehead atoms. The van der Waals surface area contributed by atoms with E-state index in [0.717, 1.165) is 34.8 Å². The summed E-state index contributed by atoms with van der Waals surface area (Å²) in [6.45, 7) is 0. The molecule has 0 saturated heterocycles. The van der Waals surface area contributed by atoms with Gasteiger partial charge in [-0.05, 0) is 18.9 Å². The lowest BCUT2D eigenvalue weighted by Gasteiger charge is -2.20. The molecule has 1 aliphatic carbocycles. The summed E-state index contributed by atoms with van der Waals surface area (Å²) in [5, 5.41) is 7.23. The van der Waals surface area contributed by atoms with Crippen molar-refractivity contribution in [2.75, 3.05) is 16.3 Å². The Morgan fingerprint density at radius 3 is 2.96 bits per heavy atom. The number of aromatic nitrogens is 4. The predicted molar refractivity (Wildman–Crippen MR) is 101 cm³/mol. The third kappa shape index (κ3) is 2.65. The number of thioether (sulfide) groups is 1. The molecule has 1 saturated carbocycles. The van der Waals surface area contributed by atoms with E-state index in [2.05, 4.69) is 15.5 Å². The van der Waals surface area contributed by atoms with Crippen LogP contribution < -0.4 is 10.4 Å². The average molecular weight is 387 g/mol. The van der Waals surface area contributed by atoms with Crippen LogP contribution in [0.1, 0.15) is 12.8 Å². The van der Waals surface area contributed by atoms with Crippen molar-refractivity contribution < 1.29 is 4.79 Å². The monoisotopic (exact) mass is 386 g/mol. The molecule has 2 aromatic heterocycles. The summed E-state index contributed by atoms with van der Waals surface area (Å²) in [6.07, 6.45) is 7.31. The third-order valence-electron chi connectivity index (χ3n) is 4.45. The quantitative estimate of drug-likeness (QED) is 0.745. The number of hydrogen-bond acceptors (Lipinski definition) is 5. The Hall–Kier alpha value is -2.45. The molecule has 132 valence electrons. The molecule has 26 heavy (non-hydrogen) atoms. The Bertz CT molecular complexity index is 995. The molecular weight excluding hydrogens is 372 g/mol. The van der Waals surface area contributed by atoms with Gasteiger partial charge in [0.1, 0.15) is 6.33 Å². The van der Waals surface area contributed by atoms with Crippen LogP contribution in [-0.4, -0.2) is 31.3 Å². The summed E-state index contributed by atoms with van der Waals surface area (Å²) in [7, 11) is 0. The first-order chi connectivity index (χ1) is 12.7. The Morgan fingerprint density at radius 2 is 2.15 bits per heavy atom. The van der Waals surface area contributed by atoms with Crippen LogP contribution in [0.15, 0.2) is 47.9 Å². The number of hydrogen-bond donors (Lipinski definition) is 1. The Labute approximate surface area is 158 Å². The van der Waals surface area contributed by atoms with Crippen molar-refractivity contribution >= 4 is 35.1 Å². The number of benzene rings is 1. The molecule has 3 heterocycles. The zero-order valence-electron chi connectivity index (χ0n) is 13.7. The zero-order valence-corrected chi connectivity index (χ0v) is 15.2. The number of carbonyl (C=O) groups is 1. The van der Waals surface area contributed by atoms with Gasteiger partial charge < -0.3 is 0 Å². The second-order valence-electron chi connectivity index (χ2n) is 6.29. The van der Waals surface area contributed by atoms with E-state index < -0.39 is 0 Å². The number of rotatable bonds is 4. The van der Waals surface area contributed by atoms with Crippen LogP contribution in [0, 0.1) is 5.92 Å². The maximum atomic E-state index is 12.0. The van der Waals surface area contributed by atoms with E-state index in [0.29, 0.717) is 10.9 Å². The van der Waals surface area contributed by atoms with E-state index in [9.17, 15) is 4.79 Å². The first-order valence-corrected chi connectivity index (χ1v) is 9.65. The van der Waals surface area contributed by atoms with E-state index in [-0.39, 0.29) is 11.8 Å². The van der Waals surface area contributed by atoms with Gasteiger partial charge in [0, 0.05) is 11.5 Å². The third-order valence-corrected chi connectivity index (χ3v) is 5.75. The highest BCUT2D eigenvalue weighted by atomic mass is 35.5. The highest BCUT2D eigenvalue weighted by Gasteiger charge is 2.31. The first kappa shape index (κ1) is 15.8. The number of halogens is 1. The topological polar surface area (TPSA) is 68.0 Å². The van der Waals surface area contributed by atoms with Crippen molar-refractivity contribution in [3.05, 3.63) is 48.0 Å². The van der Waals surface area contributed by atoms with Crippen molar-refractivity contribution in [2.45, 2.75) is 17.7 Å². The van der Waals surface area contributed by atoms with E-state index in [1.165, 1.54) is 4.79 Å². The Balaban J connectivity index is 1.47. The normalized spacial score (nSPS) is 16.0. The number of nitrogens with zero attached hydrogens (tertiary/aromatic N) is 5. The summed E-state index contributed by atoms with van der Waals surface area (Å²) in [5.41, 5.74) is 4.63. The van der Waals surface area contributed by atoms with Crippen molar-refractivity contribution in [1.29, 1.82) is 0 Å². The maximum absolute atomic E-state index is 12.0. The molecule has 1 N–H and O–H groups in total. The van der Waals surface area contributed by atoms with Gasteiger partial charge in [0.05, 0.1) is 33.9 Å². The summed E-state index contributed by atoms with van der Waals surface area (Å²) in [6, 6.07) is 7.68. The summed E-state index contributed by atoms with van der Waals surface area (Å²) < 4.78 is 1.94. The SMILES string of the molecule is O=C(Nn1cc2c(n1)N(n1cncc1-c1ccccc1Cl)CS2)C1CC1. The van der Waals surface area contributed by atoms with Crippen LogP contribution in [0.5, 0.6) is 0 Å². The van der Waals surface area contributed by atoms with Gasteiger partial charge in [0.15, 0.2) is 5.82 Å². The second kappa shape index (κ2) is 6.07. The Kier molecular flexibility index (Phi) is 3.68. The number of nitrogens with one attached hydrogen (secondary N) is 1. The molecule has 2 aliphatic rings. The fourth-order valence-corrected chi connectivity index (χ4v) is 4.13. The second-order valence-corrected chi connectivity index (χ2v) is 7.68. The van der Waals surface area contributed by atoms with E-state index in [1.54, 1.807) is 24.3 Å². The van der Waals surface area contributed by atoms with E-state index >= 15 is 0 Å². The van der Waals surface area contributed by atoms with Crippen molar-refractivity contribution in [3.63, 3.8) is 0 Å². The number of carbonyl (C=O) groups excluding carboxylic acids is 1. The van der Waals surface area contributed by atoms with Crippen LogP contribution in [0.25, 0.3) is 11.3 Å². The molecule has 7 nitrogen and oxygen atoms in total. The molecule has 5 rings (SSSR count). The molecule has 1 aromatic carbocycles. The fraction of sp³-hybridized carbons (Fsp3) is 0.235. The zero-order chi connectivity index (χ0) is 17.7. The van der Waals surface area contributed by atoms with Crippen LogP contribution in [-0.2, 0) is 4.79 Å². The van der Waals surface area contributed by atoms with Crippen LogP contribution in [0.2, 0.25) is 5.02 Å². The average Bonchev–Trinajstić information content (AvgIpc) is 3.06. The minimum Gasteiger partial charge on any atom is -0.273 e. The van der Waals surface area contributed by atoms with Gasteiger partial charge in [-0.25, -0.2) is 20.1 Å². The van der Waals surface area contributed by atoms with Crippen LogP contribution in [0.3, 0.4) is 0 Å². The van der Waals surface area contributed by atoms with Gasteiger partial charge in [-0.1, -0.05) is 41.6 Å². The van der Waals surface area contributed by atoms with Crippen molar-refractivity contribution in [2.24, 2.45) is 5.92 Å². The molecule has 3 aromatic rings. The fourth-order valence-electron chi connectivity index (χ4n) is 2.94. The van der Waals surface area contributed by atoms with Crippen molar-refractivity contribution in [3.8, 4) is 11.3 Å². The van der Waals surface area contributed by atoms with Crippen LogP contribution >= 0.6 is 23.4 Å². The minimum atomic E-state index is 0.0297. The molecule has 0 radical (unpaired) electrons. The van der Waals surface area contributed by atoms with Gasteiger partial charge in [-0.2, -0.15) is 4.79 Å². The van der Waals surface area contributed by atoms with Gasteiger partial charge in [0.2, 0.25) is 5.91 Å². The molecule has 1 amide bonds. The molecule has 0 spiro atoms. The summed E-state index contributed by atoms with van der Waals surface area (Å²) >= 11 is 8.02. The first-order valence-electron chi connectivity index (χ1n) is 8.29. The lowest BCUT2D eigenvalue weighted by atomic mass is 10.2. The summed E-state index contributed by atoms with van der Waals surface area (Å²) in [4.78, 5) is 18.8. The molecule has 0 unspecified atom stereocenters. The van der Waals surface area contributed by atoms with Crippen molar-refractivity contribution in [1.82, 2.24) is 19.5 Å². The minimum absolute atomic E-state index is 0.0297. The molecule has 1 fully saturated rings. The highest BCUT2D eigenvalue weighted by Crippen LogP contribution is 2.39. The Morgan fingerprint density at radius 1 is 1.31 bits per heavy atom. The molecule has 0 atom stereocenters. The van der Waals surface area contributed by atoms with Crippen LogP contribution in [0.4, 0.5) is 5.82 Å². The highest BCUT2D eigenvalue weighted by molar-refractivity contribution is 7.99. The van der Waals surface area contributed by atoms with Gasteiger partial charge in [-0.15, -0.1) is 5.10 Å². The predicted octanol–water partition coefficient (Wildman–Crippen LogP) is 3.21. The summed E-state index contributed by atoms with van der Waals surface area (Å²) in [5.74, 6) is 1.67. The maximum Gasteiger partial charge on any atom is 0.243 e. The number of amides is 1. The van der Waals surface area contributed by atoms with E-state index in [4.69, 9.17) is 11.6 Å². The van der Waals surface area contributed by atoms with Gasteiger partial charge in [0.25, 0.3) is 0 Å². The molecular formula is C17H15ClN6OS. The smallest absolute Gasteiger partial charge is 0.243 e. The van der Waals surface area contributed by atoms with E-state index in [1.807, 2.05) is 40.1 Å². The number of imidazole rings is 1.